The molecule has 8 rings (SSSR count). The first-order valence-corrected chi connectivity index (χ1v) is 18.8. The van der Waals surface area contributed by atoms with Crippen LogP contribution in [-0.2, 0) is 5.41 Å². The van der Waals surface area contributed by atoms with Crippen LogP contribution in [-0.4, -0.2) is 0 Å². The minimum atomic E-state index is -0.264. The standard InChI is InChI=1S/C32H22N.7C2H6/c1-20-24-18-25-23-12-4-7-15-29(23)32(30(25)19-26(24)31-16-8-9-17-33(20)31)27-13-5-2-10-21(27)22-11-3-6-14-28(22)32;7*1-2/h2-20H,1H3;7*1-2H3/q+1;;;;;;;/t20-;;;;;;;/m1......./s1. The van der Waals surface area contributed by atoms with Crippen LogP contribution in [0.1, 0.15) is 138 Å². The van der Waals surface area contributed by atoms with Crippen LogP contribution in [0, 0.1) is 0 Å². The quantitative estimate of drug-likeness (QED) is 0.147. The summed E-state index contributed by atoms with van der Waals surface area (Å²) >= 11 is 0. The van der Waals surface area contributed by atoms with Gasteiger partial charge in [-0.3, -0.25) is 0 Å². The zero-order chi connectivity index (χ0) is 35.7. The monoisotopic (exact) mass is 631 g/mol. The molecule has 1 heteroatoms. The van der Waals surface area contributed by atoms with Crippen LogP contribution < -0.4 is 4.57 Å². The zero-order valence-electron chi connectivity index (χ0n) is 32.4. The number of hydrogen-bond acceptors (Lipinski definition) is 0. The number of fused-ring (bicyclic) bond motifs is 13. The van der Waals surface area contributed by atoms with Crippen molar-refractivity contribution in [3.63, 3.8) is 0 Å². The van der Waals surface area contributed by atoms with Gasteiger partial charge in [-0.2, -0.15) is 4.57 Å². The van der Waals surface area contributed by atoms with E-state index < -0.39 is 0 Å². The third-order valence-corrected chi connectivity index (χ3v) is 8.20. The van der Waals surface area contributed by atoms with E-state index in [4.69, 9.17) is 0 Å². The van der Waals surface area contributed by atoms with E-state index in [9.17, 15) is 0 Å². The van der Waals surface area contributed by atoms with Crippen molar-refractivity contribution in [3.8, 4) is 33.5 Å². The lowest BCUT2D eigenvalue weighted by atomic mass is 9.70. The summed E-state index contributed by atoms with van der Waals surface area (Å²) in [4.78, 5) is 0. The maximum Gasteiger partial charge on any atom is 0.213 e. The van der Waals surface area contributed by atoms with Crippen LogP contribution in [0.5, 0.6) is 0 Å². The molecule has 0 radical (unpaired) electrons. The van der Waals surface area contributed by atoms with Crippen LogP contribution in [0.15, 0.2) is 109 Å². The fourth-order valence-corrected chi connectivity index (χ4v) is 6.89. The first-order chi connectivity index (χ1) is 23.3. The summed E-state index contributed by atoms with van der Waals surface area (Å²) in [5.41, 5.74) is 15.0. The molecule has 252 valence electrons. The molecule has 3 aliphatic rings. The smallest absolute Gasteiger partial charge is 0.191 e. The van der Waals surface area contributed by atoms with Crippen LogP contribution in [0.2, 0.25) is 0 Å². The predicted molar refractivity (Wildman–Crippen MR) is 212 cm³/mol. The van der Waals surface area contributed by atoms with Crippen molar-refractivity contribution in [2.24, 2.45) is 0 Å². The number of rotatable bonds is 0. The van der Waals surface area contributed by atoms with Gasteiger partial charge in [0.25, 0.3) is 0 Å². The number of hydrogen-bond donors (Lipinski definition) is 0. The molecule has 1 nitrogen and oxygen atoms in total. The van der Waals surface area contributed by atoms with Crippen molar-refractivity contribution in [3.05, 3.63) is 137 Å². The molecule has 1 aliphatic heterocycles. The highest BCUT2D eigenvalue weighted by atomic mass is 15.0. The Morgan fingerprint density at radius 1 is 0.404 bits per heavy atom. The van der Waals surface area contributed by atoms with E-state index in [0.29, 0.717) is 6.04 Å². The van der Waals surface area contributed by atoms with E-state index in [2.05, 4.69) is 121 Å². The lowest BCUT2D eigenvalue weighted by molar-refractivity contribution is -0.694. The van der Waals surface area contributed by atoms with Crippen LogP contribution in [0.25, 0.3) is 33.5 Å². The van der Waals surface area contributed by atoms with Crippen molar-refractivity contribution in [1.82, 2.24) is 0 Å². The van der Waals surface area contributed by atoms with Crippen molar-refractivity contribution >= 4 is 0 Å². The summed E-state index contributed by atoms with van der Waals surface area (Å²) in [6.45, 7) is 30.3. The molecule has 0 fully saturated rings. The Bertz CT molecular complexity index is 1600. The Morgan fingerprint density at radius 2 is 0.787 bits per heavy atom. The Labute approximate surface area is 289 Å². The van der Waals surface area contributed by atoms with E-state index in [0.717, 1.165) is 0 Å². The van der Waals surface area contributed by atoms with Gasteiger partial charge in [0.1, 0.15) is 0 Å². The van der Waals surface area contributed by atoms with Gasteiger partial charge >= 0.3 is 0 Å². The average Bonchev–Trinajstić information content (AvgIpc) is 3.77. The largest absolute Gasteiger partial charge is 0.213 e. The minimum Gasteiger partial charge on any atom is -0.191 e. The highest BCUT2D eigenvalue weighted by Crippen LogP contribution is 2.63. The van der Waals surface area contributed by atoms with Gasteiger partial charge < -0.3 is 0 Å². The minimum absolute atomic E-state index is 0.264. The Balaban J connectivity index is 0.000000708. The van der Waals surface area contributed by atoms with Crippen molar-refractivity contribution < 1.29 is 4.57 Å². The molecule has 4 aromatic carbocycles. The molecule has 1 aromatic heterocycles. The van der Waals surface area contributed by atoms with Gasteiger partial charge in [-0.15, -0.1) is 0 Å². The summed E-state index contributed by atoms with van der Waals surface area (Å²) in [5.74, 6) is 0. The normalized spacial score (nSPS) is 13.0. The molecule has 0 N–H and O–H groups in total. The van der Waals surface area contributed by atoms with Crippen LogP contribution in [0.3, 0.4) is 0 Å². The summed E-state index contributed by atoms with van der Waals surface area (Å²) in [6.07, 6.45) is 2.22. The molecule has 0 amide bonds. The topological polar surface area (TPSA) is 3.88 Å². The Kier molecular flexibility index (Phi) is 17.7. The fraction of sp³-hybridized carbons (Fsp3) is 0.370. The van der Waals surface area contributed by atoms with Crippen molar-refractivity contribution in [2.45, 2.75) is 115 Å². The highest BCUT2D eigenvalue weighted by molar-refractivity contribution is 5.96. The first-order valence-electron chi connectivity index (χ1n) is 18.8. The lowest BCUT2D eigenvalue weighted by Crippen LogP contribution is -2.35. The van der Waals surface area contributed by atoms with E-state index in [1.165, 1.54) is 61.3 Å². The van der Waals surface area contributed by atoms with Crippen molar-refractivity contribution in [1.29, 1.82) is 0 Å². The fourth-order valence-electron chi connectivity index (χ4n) is 6.89. The predicted octanol–water partition coefficient (Wildman–Crippen LogP) is 14.1. The van der Waals surface area contributed by atoms with Gasteiger partial charge in [-0.25, -0.2) is 0 Å². The van der Waals surface area contributed by atoms with Crippen molar-refractivity contribution in [2.75, 3.05) is 0 Å². The molecule has 0 bridgehead atoms. The number of pyridine rings is 1. The van der Waals surface area contributed by atoms with E-state index in [-0.39, 0.29) is 5.41 Å². The van der Waals surface area contributed by atoms with Gasteiger partial charge in [0, 0.05) is 24.6 Å². The van der Waals surface area contributed by atoms with Gasteiger partial charge in [0.15, 0.2) is 12.2 Å². The van der Waals surface area contributed by atoms with Gasteiger partial charge in [0.05, 0.1) is 11.0 Å². The third kappa shape index (κ3) is 6.73. The van der Waals surface area contributed by atoms with E-state index in [1.807, 2.05) is 96.9 Å². The molecule has 2 aliphatic carbocycles. The third-order valence-electron chi connectivity index (χ3n) is 8.20. The molecular formula is C46H64N+. The second kappa shape index (κ2) is 20.3. The average molecular weight is 631 g/mol. The maximum atomic E-state index is 2.51. The maximum absolute atomic E-state index is 2.51. The summed E-state index contributed by atoms with van der Waals surface area (Å²) in [5, 5.41) is 0. The lowest BCUT2D eigenvalue weighted by Gasteiger charge is -2.30. The van der Waals surface area contributed by atoms with Crippen LogP contribution >= 0.6 is 0 Å². The summed E-state index contributed by atoms with van der Waals surface area (Å²) in [6, 6.07) is 39.0. The molecule has 47 heavy (non-hydrogen) atoms. The molecule has 0 unspecified atom stereocenters. The number of aromatic nitrogens is 1. The Morgan fingerprint density at radius 3 is 1.23 bits per heavy atom. The molecule has 5 aromatic rings. The summed E-state index contributed by atoms with van der Waals surface area (Å²) < 4.78 is 2.41. The molecule has 0 saturated carbocycles. The number of nitrogens with zero attached hydrogens (tertiary/aromatic N) is 1. The molecule has 2 heterocycles. The van der Waals surface area contributed by atoms with E-state index >= 15 is 0 Å². The van der Waals surface area contributed by atoms with Gasteiger partial charge in [-0.05, 0) is 62.7 Å². The molecular weight excluding hydrogens is 567 g/mol. The molecule has 1 atom stereocenters. The number of benzene rings is 4. The van der Waals surface area contributed by atoms with E-state index in [1.54, 1.807) is 0 Å². The second-order valence-corrected chi connectivity index (χ2v) is 9.54. The SMILES string of the molecule is CC.CC.CC.CC.CC.CC.CC.C[C@@H]1c2cc3c(cc2-c2cccc[n+]21)C1(c2ccccc2-c2ccccc21)c1ccccc1-3. The van der Waals surface area contributed by atoms with Gasteiger partial charge in [-0.1, -0.05) is 170 Å². The molecule has 1 spiro atoms. The highest BCUT2D eigenvalue weighted by Gasteiger charge is 2.52. The zero-order valence-corrected chi connectivity index (χ0v) is 32.4. The Hall–Kier alpha value is -3.97. The summed E-state index contributed by atoms with van der Waals surface area (Å²) in [7, 11) is 0. The second-order valence-electron chi connectivity index (χ2n) is 9.54. The molecule has 0 saturated heterocycles. The first kappa shape index (κ1) is 41.1. The van der Waals surface area contributed by atoms with Gasteiger partial charge in [0.2, 0.25) is 5.69 Å². The van der Waals surface area contributed by atoms with Crippen LogP contribution in [0.4, 0.5) is 0 Å².